The highest BCUT2D eigenvalue weighted by Gasteiger charge is 2.15. The van der Waals surface area contributed by atoms with E-state index in [2.05, 4.69) is 53.5 Å². The van der Waals surface area contributed by atoms with Gasteiger partial charge in [-0.25, -0.2) is 9.50 Å². The Labute approximate surface area is 172 Å². The molecule has 156 valence electrons. The Morgan fingerprint density at radius 3 is 2.47 bits per heavy atom. The van der Waals surface area contributed by atoms with E-state index in [0.29, 0.717) is 0 Å². The second kappa shape index (κ2) is 8.94. The zero-order valence-corrected chi connectivity index (χ0v) is 16.9. The van der Waals surface area contributed by atoms with Gasteiger partial charge in [0, 0.05) is 24.4 Å². The van der Waals surface area contributed by atoms with Gasteiger partial charge in [-0.3, -0.25) is 4.98 Å². The summed E-state index contributed by atoms with van der Waals surface area (Å²) >= 11 is 0. The van der Waals surface area contributed by atoms with E-state index < -0.39 is 6.18 Å². The lowest BCUT2D eigenvalue weighted by Gasteiger charge is -2.07. The first-order valence-electron chi connectivity index (χ1n) is 9.43. The van der Waals surface area contributed by atoms with Crippen molar-refractivity contribution in [3.05, 3.63) is 72.3 Å². The number of halogens is 3. The number of rotatable bonds is 4. The summed E-state index contributed by atoms with van der Waals surface area (Å²) < 4.78 is 32.9. The second-order valence-electron chi connectivity index (χ2n) is 6.81. The van der Waals surface area contributed by atoms with Gasteiger partial charge in [-0.2, -0.15) is 18.3 Å². The van der Waals surface area contributed by atoms with Gasteiger partial charge in [0.15, 0.2) is 5.65 Å². The molecule has 0 radical (unpaired) electrons. The van der Waals surface area contributed by atoms with Gasteiger partial charge >= 0.3 is 6.18 Å². The molecule has 8 heteroatoms. The summed E-state index contributed by atoms with van der Waals surface area (Å²) in [4.78, 5) is 9.15. The minimum Gasteiger partial charge on any atom is -0.339 e. The smallest absolute Gasteiger partial charge is 0.339 e. The minimum atomic E-state index is -4.00. The summed E-state index contributed by atoms with van der Waals surface area (Å²) in [7, 11) is 0. The van der Waals surface area contributed by atoms with Crippen molar-refractivity contribution in [2.45, 2.75) is 33.4 Å². The zero-order valence-electron chi connectivity index (χ0n) is 16.9. The van der Waals surface area contributed by atoms with Gasteiger partial charge in [0.05, 0.1) is 18.1 Å². The summed E-state index contributed by atoms with van der Waals surface area (Å²) in [5.74, 6) is 0.771. The topological polar surface area (TPSA) is 55.1 Å². The van der Waals surface area contributed by atoms with Gasteiger partial charge in [-0.1, -0.05) is 36.8 Å². The van der Waals surface area contributed by atoms with Crippen molar-refractivity contribution in [3.8, 4) is 11.1 Å². The standard InChI is InChI=1S/C20H19N5.C2H3F3/c1-3-16-7-8-17(12-21-16)23-19-9-10-25-20(24-19)18(13-22-25)15-6-4-5-14(2)11-15;1-2(3,4)5/h4-13H,3H2,1-2H3,(H,23,24);1H3. The molecule has 0 atom stereocenters. The maximum atomic E-state index is 10.4. The van der Waals surface area contributed by atoms with Crippen LogP contribution >= 0.6 is 0 Å². The number of pyridine rings is 1. The number of fused-ring (bicyclic) bond motifs is 1. The Balaban J connectivity index is 0.000000461. The Morgan fingerprint density at radius 1 is 1.07 bits per heavy atom. The highest BCUT2D eigenvalue weighted by Crippen LogP contribution is 2.25. The summed E-state index contributed by atoms with van der Waals surface area (Å²) in [6, 6.07) is 14.3. The van der Waals surface area contributed by atoms with Crippen LogP contribution in [0.4, 0.5) is 24.7 Å². The minimum absolute atomic E-state index is 0.188. The number of aryl methyl sites for hydroxylation is 2. The number of aromatic nitrogens is 4. The monoisotopic (exact) mass is 413 g/mol. The van der Waals surface area contributed by atoms with E-state index in [4.69, 9.17) is 4.98 Å². The van der Waals surface area contributed by atoms with Crippen molar-refractivity contribution in [1.29, 1.82) is 0 Å². The van der Waals surface area contributed by atoms with Gasteiger partial charge in [0.25, 0.3) is 0 Å². The van der Waals surface area contributed by atoms with E-state index in [1.807, 2.05) is 36.8 Å². The van der Waals surface area contributed by atoms with E-state index in [1.165, 1.54) is 5.56 Å². The van der Waals surface area contributed by atoms with Crippen LogP contribution < -0.4 is 5.32 Å². The van der Waals surface area contributed by atoms with Crippen molar-refractivity contribution >= 4 is 17.2 Å². The predicted octanol–water partition coefficient (Wildman–Crippen LogP) is 5.97. The van der Waals surface area contributed by atoms with E-state index in [0.717, 1.165) is 40.4 Å². The van der Waals surface area contributed by atoms with Crippen LogP contribution in [0, 0.1) is 6.92 Å². The van der Waals surface area contributed by atoms with Crippen molar-refractivity contribution in [2.24, 2.45) is 0 Å². The molecule has 3 heterocycles. The van der Waals surface area contributed by atoms with Crippen molar-refractivity contribution in [1.82, 2.24) is 19.6 Å². The molecule has 1 aromatic carbocycles. The number of nitrogens with one attached hydrogen (secondary N) is 1. The summed E-state index contributed by atoms with van der Waals surface area (Å²) in [6.07, 6.45) is 2.54. The highest BCUT2D eigenvalue weighted by atomic mass is 19.4. The molecule has 3 aromatic heterocycles. The van der Waals surface area contributed by atoms with E-state index in [1.54, 1.807) is 4.52 Å². The SMILES string of the molecule is CC(F)(F)F.CCc1ccc(Nc2ccn3ncc(-c4cccc(C)c4)c3n2)cn1. The average molecular weight is 413 g/mol. The van der Waals surface area contributed by atoms with E-state index in [-0.39, 0.29) is 6.92 Å². The Morgan fingerprint density at radius 2 is 1.83 bits per heavy atom. The van der Waals surface area contributed by atoms with Crippen LogP contribution in [0.3, 0.4) is 0 Å². The number of hydrogen-bond acceptors (Lipinski definition) is 4. The summed E-state index contributed by atoms with van der Waals surface area (Å²) in [5, 5.41) is 7.72. The normalized spacial score (nSPS) is 11.1. The lowest BCUT2D eigenvalue weighted by Crippen LogP contribution is -1.98. The average Bonchev–Trinajstić information content (AvgIpc) is 3.11. The molecule has 0 aliphatic carbocycles. The lowest BCUT2D eigenvalue weighted by molar-refractivity contribution is -0.110. The summed E-state index contributed by atoms with van der Waals surface area (Å²) in [5.41, 5.74) is 6.18. The number of anilines is 2. The van der Waals surface area contributed by atoms with Crippen molar-refractivity contribution < 1.29 is 13.2 Å². The molecule has 0 saturated heterocycles. The zero-order chi connectivity index (χ0) is 21.7. The van der Waals surface area contributed by atoms with E-state index in [9.17, 15) is 13.2 Å². The van der Waals surface area contributed by atoms with Crippen molar-refractivity contribution in [3.63, 3.8) is 0 Å². The quantitative estimate of drug-likeness (QED) is 0.448. The third-order valence-corrected chi connectivity index (χ3v) is 4.16. The largest absolute Gasteiger partial charge is 0.386 e. The van der Waals surface area contributed by atoms with Gasteiger partial charge < -0.3 is 5.32 Å². The van der Waals surface area contributed by atoms with Crippen LogP contribution in [0.2, 0.25) is 0 Å². The Kier molecular flexibility index (Phi) is 6.34. The van der Waals surface area contributed by atoms with Crippen LogP contribution in [0.15, 0.2) is 61.1 Å². The van der Waals surface area contributed by atoms with Gasteiger partial charge in [0.1, 0.15) is 5.82 Å². The molecule has 0 unspecified atom stereocenters. The first-order chi connectivity index (χ1) is 14.2. The van der Waals surface area contributed by atoms with Crippen molar-refractivity contribution in [2.75, 3.05) is 5.32 Å². The molecule has 0 fully saturated rings. The first-order valence-corrected chi connectivity index (χ1v) is 9.43. The van der Waals surface area contributed by atoms with Gasteiger partial charge in [-0.05, 0) is 37.1 Å². The van der Waals surface area contributed by atoms with E-state index >= 15 is 0 Å². The Hall–Kier alpha value is -3.42. The van der Waals surface area contributed by atoms with Gasteiger partial charge in [0.2, 0.25) is 0 Å². The number of benzene rings is 1. The van der Waals surface area contributed by atoms with Crippen LogP contribution in [-0.2, 0) is 6.42 Å². The van der Waals surface area contributed by atoms with Crippen LogP contribution in [0.25, 0.3) is 16.8 Å². The fourth-order valence-corrected chi connectivity index (χ4v) is 2.81. The third kappa shape index (κ3) is 5.79. The molecule has 0 aliphatic rings. The van der Waals surface area contributed by atoms with Crippen LogP contribution in [0.5, 0.6) is 0 Å². The molecule has 0 spiro atoms. The highest BCUT2D eigenvalue weighted by molar-refractivity contribution is 5.78. The maximum Gasteiger partial charge on any atom is 0.386 e. The molecule has 4 aromatic rings. The molecule has 0 bridgehead atoms. The molecule has 4 rings (SSSR count). The fraction of sp³-hybridized carbons (Fsp3) is 0.227. The lowest BCUT2D eigenvalue weighted by atomic mass is 10.1. The maximum absolute atomic E-state index is 10.4. The first kappa shape index (κ1) is 21.3. The summed E-state index contributed by atoms with van der Waals surface area (Å²) in [6.45, 7) is 4.37. The molecular formula is C22H22F3N5. The second-order valence-corrected chi connectivity index (χ2v) is 6.81. The molecule has 1 N–H and O–H groups in total. The third-order valence-electron chi connectivity index (χ3n) is 4.16. The Bertz CT molecular complexity index is 1110. The molecule has 5 nitrogen and oxygen atoms in total. The molecule has 0 saturated carbocycles. The predicted molar refractivity (Wildman–Crippen MR) is 112 cm³/mol. The fourth-order valence-electron chi connectivity index (χ4n) is 2.81. The molecule has 30 heavy (non-hydrogen) atoms. The molecule has 0 amide bonds. The molecular weight excluding hydrogens is 391 g/mol. The van der Waals surface area contributed by atoms with Gasteiger partial charge in [-0.15, -0.1) is 0 Å². The number of alkyl halides is 3. The number of nitrogens with zero attached hydrogens (tertiary/aromatic N) is 4. The molecule has 0 aliphatic heterocycles. The number of hydrogen-bond donors (Lipinski definition) is 1. The van der Waals surface area contributed by atoms with Crippen LogP contribution in [0.1, 0.15) is 25.1 Å². The van der Waals surface area contributed by atoms with Crippen LogP contribution in [-0.4, -0.2) is 25.8 Å².